The molecule has 0 N–H and O–H groups in total. The summed E-state index contributed by atoms with van der Waals surface area (Å²) in [4.78, 5) is 13.5. The van der Waals surface area contributed by atoms with Crippen molar-refractivity contribution in [1.29, 1.82) is 5.26 Å². The van der Waals surface area contributed by atoms with Crippen LogP contribution in [-0.4, -0.2) is 24.4 Å². The maximum Gasteiger partial charge on any atom is 0.222 e. The van der Waals surface area contributed by atoms with Gasteiger partial charge >= 0.3 is 0 Å². The first-order chi connectivity index (χ1) is 8.52. The van der Waals surface area contributed by atoms with Crippen molar-refractivity contribution in [1.82, 2.24) is 4.90 Å². The van der Waals surface area contributed by atoms with Gasteiger partial charge in [-0.1, -0.05) is 29.8 Å². The summed E-state index contributed by atoms with van der Waals surface area (Å²) < 4.78 is 0. The van der Waals surface area contributed by atoms with E-state index in [1.807, 2.05) is 13.8 Å². The molecule has 0 spiro atoms. The molecule has 0 aliphatic rings. The second-order valence-electron chi connectivity index (χ2n) is 4.79. The smallest absolute Gasteiger partial charge is 0.222 e. The number of hydrogen-bond acceptors (Lipinski definition) is 2. The van der Waals surface area contributed by atoms with Crippen molar-refractivity contribution in [3.63, 3.8) is 0 Å². The molecule has 1 atom stereocenters. The largest absolute Gasteiger partial charge is 0.344 e. The van der Waals surface area contributed by atoms with Gasteiger partial charge in [-0.15, -0.1) is 0 Å². The molecule has 3 heteroatoms. The minimum Gasteiger partial charge on any atom is -0.344 e. The van der Waals surface area contributed by atoms with E-state index in [9.17, 15) is 4.79 Å². The van der Waals surface area contributed by atoms with Crippen LogP contribution in [0.25, 0.3) is 0 Å². The molecule has 0 radical (unpaired) electrons. The van der Waals surface area contributed by atoms with E-state index >= 15 is 0 Å². The van der Waals surface area contributed by atoms with Gasteiger partial charge in [-0.3, -0.25) is 4.79 Å². The van der Waals surface area contributed by atoms with E-state index in [-0.39, 0.29) is 11.8 Å². The van der Waals surface area contributed by atoms with E-state index in [1.165, 1.54) is 11.1 Å². The number of hydrogen-bond donors (Lipinski definition) is 0. The molecule has 3 nitrogen and oxygen atoms in total. The second kappa shape index (κ2) is 6.80. The van der Waals surface area contributed by atoms with Crippen LogP contribution in [0.5, 0.6) is 0 Å². The van der Waals surface area contributed by atoms with Gasteiger partial charge in [-0.2, -0.15) is 5.26 Å². The maximum absolute atomic E-state index is 11.9. The van der Waals surface area contributed by atoms with Gasteiger partial charge in [0, 0.05) is 20.0 Å². The molecule has 1 rings (SSSR count). The first kappa shape index (κ1) is 14.2. The summed E-state index contributed by atoms with van der Waals surface area (Å²) >= 11 is 0. The summed E-state index contributed by atoms with van der Waals surface area (Å²) in [5, 5.41) is 8.71. The number of nitriles is 1. The topological polar surface area (TPSA) is 44.1 Å². The predicted octanol–water partition coefficient (Wildman–Crippen LogP) is 2.55. The Morgan fingerprint density at radius 2 is 2.00 bits per heavy atom. The van der Waals surface area contributed by atoms with Crippen LogP contribution in [0.2, 0.25) is 0 Å². The highest BCUT2D eigenvalue weighted by molar-refractivity contribution is 5.76. The molecule has 0 saturated heterocycles. The normalized spacial score (nSPS) is 11.7. The lowest BCUT2D eigenvalue weighted by Gasteiger charge is -2.18. The Balaban J connectivity index is 2.41. The number of rotatable bonds is 5. The third kappa shape index (κ3) is 4.58. The van der Waals surface area contributed by atoms with E-state index in [0.29, 0.717) is 13.0 Å². The Morgan fingerprint density at radius 3 is 2.56 bits per heavy atom. The fourth-order valence-corrected chi connectivity index (χ4v) is 1.75. The number of nitrogens with zero attached hydrogens (tertiary/aromatic N) is 2. The van der Waals surface area contributed by atoms with Crippen LogP contribution >= 0.6 is 0 Å². The van der Waals surface area contributed by atoms with E-state index in [2.05, 4.69) is 30.3 Å². The van der Waals surface area contributed by atoms with E-state index in [1.54, 1.807) is 11.9 Å². The maximum atomic E-state index is 11.9. The number of carbonyl (C=O) groups excluding carboxylic acids is 1. The molecule has 1 aromatic rings. The zero-order chi connectivity index (χ0) is 13.5. The Kier molecular flexibility index (Phi) is 5.38. The number of carbonyl (C=O) groups is 1. The standard InChI is InChI=1S/C15H20N2O/c1-12-4-6-14(7-5-12)8-9-15(18)17(3)11-13(2)10-16/h4-7,13H,8-9,11H2,1-3H3. The van der Waals surface area contributed by atoms with Crippen LogP contribution in [-0.2, 0) is 11.2 Å². The summed E-state index contributed by atoms with van der Waals surface area (Å²) in [6.07, 6.45) is 1.25. The van der Waals surface area contributed by atoms with Crippen LogP contribution < -0.4 is 0 Å². The Labute approximate surface area is 109 Å². The average Bonchev–Trinajstić information content (AvgIpc) is 2.37. The molecule has 0 aliphatic carbocycles. The zero-order valence-electron chi connectivity index (χ0n) is 11.3. The monoisotopic (exact) mass is 244 g/mol. The van der Waals surface area contributed by atoms with Gasteiger partial charge in [0.15, 0.2) is 0 Å². The van der Waals surface area contributed by atoms with Crippen molar-refractivity contribution in [3.05, 3.63) is 35.4 Å². The number of amides is 1. The highest BCUT2D eigenvalue weighted by atomic mass is 16.2. The van der Waals surface area contributed by atoms with Gasteiger partial charge < -0.3 is 4.90 Å². The first-order valence-electron chi connectivity index (χ1n) is 6.22. The third-order valence-corrected chi connectivity index (χ3v) is 2.94. The van der Waals surface area contributed by atoms with E-state index in [4.69, 9.17) is 5.26 Å². The molecular weight excluding hydrogens is 224 g/mol. The van der Waals surface area contributed by atoms with Gasteiger partial charge in [0.2, 0.25) is 5.91 Å². The zero-order valence-corrected chi connectivity index (χ0v) is 11.3. The Bertz CT molecular complexity index is 431. The van der Waals surface area contributed by atoms with Crippen molar-refractivity contribution < 1.29 is 4.79 Å². The summed E-state index contributed by atoms with van der Waals surface area (Å²) in [5.41, 5.74) is 2.40. The highest BCUT2D eigenvalue weighted by Gasteiger charge is 2.11. The van der Waals surface area contributed by atoms with E-state index in [0.717, 1.165) is 6.42 Å². The van der Waals surface area contributed by atoms with Crippen LogP contribution in [0.15, 0.2) is 24.3 Å². The van der Waals surface area contributed by atoms with Crippen molar-refractivity contribution in [3.8, 4) is 6.07 Å². The van der Waals surface area contributed by atoms with Gasteiger partial charge in [0.1, 0.15) is 0 Å². The lowest BCUT2D eigenvalue weighted by molar-refractivity contribution is -0.130. The lowest BCUT2D eigenvalue weighted by atomic mass is 10.1. The quantitative estimate of drug-likeness (QED) is 0.799. The molecule has 0 fully saturated rings. The van der Waals surface area contributed by atoms with Crippen LogP contribution in [0.1, 0.15) is 24.5 Å². The molecule has 1 aromatic carbocycles. The molecule has 96 valence electrons. The SMILES string of the molecule is Cc1ccc(CCC(=O)N(C)CC(C)C#N)cc1. The summed E-state index contributed by atoms with van der Waals surface area (Å²) in [6.45, 7) is 4.37. The molecule has 0 heterocycles. The van der Waals surface area contributed by atoms with Gasteiger partial charge in [0.25, 0.3) is 0 Å². The first-order valence-corrected chi connectivity index (χ1v) is 6.22. The summed E-state index contributed by atoms with van der Waals surface area (Å²) in [7, 11) is 1.76. The van der Waals surface area contributed by atoms with Gasteiger partial charge in [-0.05, 0) is 25.8 Å². The number of benzene rings is 1. The Morgan fingerprint density at radius 1 is 1.39 bits per heavy atom. The van der Waals surface area contributed by atoms with Crippen molar-refractivity contribution in [2.45, 2.75) is 26.7 Å². The molecule has 1 amide bonds. The minimum atomic E-state index is -0.113. The molecule has 0 aliphatic heterocycles. The van der Waals surface area contributed by atoms with Crippen molar-refractivity contribution >= 4 is 5.91 Å². The van der Waals surface area contributed by atoms with Gasteiger partial charge in [0.05, 0.1) is 12.0 Å². The summed E-state index contributed by atoms with van der Waals surface area (Å²) in [6, 6.07) is 10.4. The molecule has 18 heavy (non-hydrogen) atoms. The number of aryl methyl sites for hydroxylation is 2. The van der Waals surface area contributed by atoms with Crippen molar-refractivity contribution in [2.24, 2.45) is 5.92 Å². The highest BCUT2D eigenvalue weighted by Crippen LogP contribution is 2.07. The lowest BCUT2D eigenvalue weighted by Crippen LogP contribution is -2.30. The molecule has 1 unspecified atom stereocenters. The molecule has 0 saturated carbocycles. The molecular formula is C15H20N2O. The van der Waals surface area contributed by atoms with Crippen LogP contribution in [0.4, 0.5) is 0 Å². The second-order valence-corrected chi connectivity index (χ2v) is 4.79. The average molecular weight is 244 g/mol. The van der Waals surface area contributed by atoms with E-state index < -0.39 is 0 Å². The Hall–Kier alpha value is -1.82. The fourth-order valence-electron chi connectivity index (χ4n) is 1.75. The summed E-state index contributed by atoms with van der Waals surface area (Å²) in [5.74, 6) is -0.0176. The molecule has 0 bridgehead atoms. The minimum absolute atomic E-state index is 0.0951. The third-order valence-electron chi connectivity index (χ3n) is 2.94. The van der Waals surface area contributed by atoms with Gasteiger partial charge in [-0.25, -0.2) is 0 Å². The van der Waals surface area contributed by atoms with Crippen LogP contribution in [0, 0.1) is 24.2 Å². The van der Waals surface area contributed by atoms with Crippen molar-refractivity contribution in [2.75, 3.05) is 13.6 Å². The predicted molar refractivity (Wildman–Crippen MR) is 71.9 cm³/mol. The molecule has 0 aromatic heterocycles. The fraction of sp³-hybridized carbons (Fsp3) is 0.467. The van der Waals surface area contributed by atoms with Crippen LogP contribution in [0.3, 0.4) is 0 Å².